The van der Waals surface area contributed by atoms with Gasteiger partial charge in [0.1, 0.15) is 0 Å². The number of carbonyl (C=O) groups is 1. The van der Waals surface area contributed by atoms with E-state index in [1.165, 1.54) is 17.5 Å². The normalized spacial score (nSPS) is 17.1. The Balaban J connectivity index is 1.72. The molecule has 0 radical (unpaired) electrons. The zero-order valence-electron chi connectivity index (χ0n) is 12.9. The SMILES string of the molecule is Cn1cnc(CNC(=O)c2ccc3c(c2)C(CN)CCC3)c1. The fraction of sp³-hybridized carbons (Fsp3) is 0.412. The zero-order valence-corrected chi connectivity index (χ0v) is 12.9. The van der Waals surface area contributed by atoms with Crippen molar-refractivity contribution in [2.75, 3.05) is 6.54 Å². The largest absolute Gasteiger partial charge is 0.346 e. The second-order valence-electron chi connectivity index (χ2n) is 5.95. The van der Waals surface area contributed by atoms with E-state index in [2.05, 4.69) is 16.4 Å². The topological polar surface area (TPSA) is 72.9 Å². The van der Waals surface area contributed by atoms with E-state index in [0.29, 0.717) is 24.6 Å². The van der Waals surface area contributed by atoms with Crippen LogP contribution in [0.1, 0.15) is 45.9 Å². The molecule has 0 saturated carbocycles. The van der Waals surface area contributed by atoms with Gasteiger partial charge in [-0.1, -0.05) is 6.07 Å². The molecular weight excluding hydrogens is 276 g/mol. The maximum absolute atomic E-state index is 12.3. The Hall–Kier alpha value is -2.14. The molecule has 1 aromatic heterocycles. The standard InChI is InChI=1S/C17H22N4O/c1-21-10-15(20-11-21)9-19-17(22)13-6-5-12-3-2-4-14(8-18)16(12)7-13/h5-7,10-11,14H,2-4,8-9,18H2,1H3,(H,19,22). The van der Waals surface area contributed by atoms with Crippen LogP contribution in [0.15, 0.2) is 30.7 Å². The molecule has 0 fully saturated rings. The van der Waals surface area contributed by atoms with Gasteiger partial charge in [-0.2, -0.15) is 0 Å². The molecule has 0 bridgehead atoms. The maximum Gasteiger partial charge on any atom is 0.251 e. The van der Waals surface area contributed by atoms with E-state index in [9.17, 15) is 4.79 Å². The van der Waals surface area contributed by atoms with E-state index >= 15 is 0 Å². The van der Waals surface area contributed by atoms with Crippen LogP contribution in [0.25, 0.3) is 0 Å². The molecule has 3 rings (SSSR count). The van der Waals surface area contributed by atoms with Gasteiger partial charge in [-0.15, -0.1) is 0 Å². The van der Waals surface area contributed by atoms with Crippen molar-refractivity contribution < 1.29 is 4.79 Å². The van der Waals surface area contributed by atoms with Crippen molar-refractivity contribution in [3.8, 4) is 0 Å². The molecule has 1 aliphatic rings. The molecule has 5 heteroatoms. The van der Waals surface area contributed by atoms with Gasteiger partial charge in [-0.3, -0.25) is 4.79 Å². The summed E-state index contributed by atoms with van der Waals surface area (Å²) in [7, 11) is 1.91. The Labute approximate surface area is 130 Å². The van der Waals surface area contributed by atoms with Gasteiger partial charge in [-0.05, 0) is 55.0 Å². The maximum atomic E-state index is 12.3. The van der Waals surface area contributed by atoms with Gasteiger partial charge in [-0.25, -0.2) is 4.98 Å². The molecule has 1 aromatic carbocycles. The minimum absolute atomic E-state index is 0.0604. The van der Waals surface area contributed by atoms with Crippen LogP contribution in [0.3, 0.4) is 0 Å². The first kappa shape index (κ1) is 14.8. The third-order valence-corrected chi connectivity index (χ3v) is 4.32. The number of benzene rings is 1. The van der Waals surface area contributed by atoms with Crippen molar-refractivity contribution in [2.45, 2.75) is 31.7 Å². The Morgan fingerprint density at radius 1 is 1.50 bits per heavy atom. The van der Waals surface area contributed by atoms with E-state index < -0.39 is 0 Å². The highest BCUT2D eigenvalue weighted by atomic mass is 16.1. The highest BCUT2D eigenvalue weighted by molar-refractivity contribution is 5.94. The van der Waals surface area contributed by atoms with Crippen LogP contribution in [0, 0.1) is 0 Å². The number of carbonyl (C=O) groups excluding carboxylic acids is 1. The molecule has 1 unspecified atom stereocenters. The summed E-state index contributed by atoms with van der Waals surface area (Å²) >= 11 is 0. The number of nitrogens with one attached hydrogen (secondary N) is 1. The molecule has 1 aliphatic carbocycles. The molecule has 0 spiro atoms. The summed E-state index contributed by atoms with van der Waals surface area (Å²) in [4.78, 5) is 16.5. The highest BCUT2D eigenvalue weighted by Crippen LogP contribution is 2.31. The number of nitrogens with zero attached hydrogens (tertiary/aromatic N) is 2. The average Bonchev–Trinajstić information content (AvgIpc) is 2.97. The second-order valence-corrected chi connectivity index (χ2v) is 5.95. The monoisotopic (exact) mass is 298 g/mol. The van der Waals surface area contributed by atoms with Crippen LogP contribution in [-0.2, 0) is 20.0 Å². The quantitative estimate of drug-likeness (QED) is 0.903. The summed E-state index contributed by atoms with van der Waals surface area (Å²) in [6.45, 7) is 1.09. The van der Waals surface area contributed by atoms with Gasteiger partial charge in [0.2, 0.25) is 0 Å². The minimum Gasteiger partial charge on any atom is -0.346 e. The molecule has 0 saturated heterocycles. The van der Waals surface area contributed by atoms with Gasteiger partial charge in [0.05, 0.1) is 18.6 Å². The molecule has 5 nitrogen and oxygen atoms in total. The number of hydrogen-bond donors (Lipinski definition) is 2. The first-order valence-corrected chi connectivity index (χ1v) is 7.75. The Morgan fingerprint density at radius 3 is 3.09 bits per heavy atom. The van der Waals surface area contributed by atoms with Crippen molar-refractivity contribution in [2.24, 2.45) is 12.8 Å². The molecule has 1 atom stereocenters. The number of aryl methyl sites for hydroxylation is 2. The van der Waals surface area contributed by atoms with Gasteiger partial charge in [0.15, 0.2) is 0 Å². The number of nitrogens with two attached hydrogens (primary N) is 1. The van der Waals surface area contributed by atoms with Gasteiger partial charge >= 0.3 is 0 Å². The number of rotatable bonds is 4. The van der Waals surface area contributed by atoms with Crippen molar-refractivity contribution in [3.05, 3.63) is 53.1 Å². The van der Waals surface area contributed by atoms with Gasteiger partial charge in [0.25, 0.3) is 5.91 Å². The van der Waals surface area contributed by atoms with Crippen molar-refractivity contribution >= 4 is 5.91 Å². The molecule has 116 valence electrons. The summed E-state index contributed by atoms with van der Waals surface area (Å²) in [5.74, 6) is 0.321. The third kappa shape index (κ3) is 3.04. The van der Waals surface area contributed by atoms with Crippen LogP contribution in [-0.4, -0.2) is 22.0 Å². The molecule has 3 N–H and O–H groups in total. The lowest BCUT2D eigenvalue weighted by atomic mass is 9.82. The predicted molar refractivity (Wildman–Crippen MR) is 85.6 cm³/mol. The molecule has 1 heterocycles. The lowest BCUT2D eigenvalue weighted by molar-refractivity contribution is 0.0950. The number of fused-ring (bicyclic) bond motifs is 1. The highest BCUT2D eigenvalue weighted by Gasteiger charge is 2.20. The van der Waals surface area contributed by atoms with Crippen molar-refractivity contribution in [1.29, 1.82) is 0 Å². The predicted octanol–water partition coefficient (Wildman–Crippen LogP) is 1.73. The summed E-state index contributed by atoms with van der Waals surface area (Å²) in [6.07, 6.45) is 7.01. The van der Waals surface area contributed by atoms with E-state index in [0.717, 1.165) is 18.5 Å². The molecule has 22 heavy (non-hydrogen) atoms. The summed E-state index contributed by atoms with van der Waals surface area (Å²) < 4.78 is 1.87. The van der Waals surface area contributed by atoms with Gasteiger partial charge < -0.3 is 15.6 Å². The van der Waals surface area contributed by atoms with Gasteiger partial charge in [0, 0.05) is 18.8 Å². The first-order valence-electron chi connectivity index (χ1n) is 7.75. The fourth-order valence-electron chi connectivity index (χ4n) is 3.11. The summed E-state index contributed by atoms with van der Waals surface area (Å²) in [5.41, 5.74) is 10.0. The summed E-state index contributed by atoms with van der Waals surface area (Å²) in [6, 6.07) is 6.00. The van der Waals surface area contributed by atoms with E-state index in [-0.39, 0.29) is 5.91 Å². The first-order chi connectivity index (χ1) is 10.7. The molecule has 2 aromatic rings. The van der Waals surface area contributed by atoms with Crippen LogP contribution < -0.4 is 11.1 Å². The van der Waals surface area contributed by atoms with Crippen LogP contribution in [0.2, 0.25) is 0 Å². The number of hydrogen-bond acceptors (Lipinski definition) is 3. The average molecular weight is 298 g/mol. The van der Waals surface area contributed by atoms with E-state index in [4.69, 9.17) is 5.73 Å². The number of aromatic nitrogens is 2. The second kappa shape index (κ2) is 6.32. The van der Waals surface area contributed by atoms with Crippen molar-refractivity contribution in [1.82, 2.24) is 14.9 Å². The minimum atomic E-state index is -0.0604. The Bertz CT molecular complexity index is 677. The smallest absolute Gasteiger partial charge is 0.251 e. The van der Waals surface area contributed by atoms with Crippen LogP contribution >= 0.6 is 0 Å². The fourth-order valence-corrected chi connectivity index (χ4v) is 3.11. The summed E-state index contributed by atoms with van der Waals surface area (Å²) in [5, 5.41) is 2.92. The molecular formula is C17H22N4O. The Morgan fingerprint density at radius 2 is 2.36 bits per heavy atom. The lowest BCUT2D eigenvalue weighted by Gasteiger charge is -2.24. The van der Waals surface area contributed by atoms with E-state index in [1.807, 2.05) is 29.9 Å². The lowest BCUT2D eigenvalue weighted by Crippen LogP contribution is -2.24. The Kier molecular flexibility index (Phi) is 4.24. The van der Waals surface area contributed by atoms with Crippen molar-refractivity contribution in [3.63, 3.8) is 0 Å². The number of imidazole rings is 1. The van der Waals surface area contributed by atoms with Crippen LogP contribution in [0.5, 0.6) is 0 Å². The van der Waals surface area contributed by atoms with Crippen LogP contribution in [0.4, 0.5) is 0 Å². The third-order valence-electron chi connectivity index (χ3n) is 4.32. The number of amides is 1. The zero-order chi connectivity index (χ0) is 15.5. The molecule has 1 amide bonds. The molecule has 0 aliphatic heterocycles. The van der Waals surface area contributed by atoms with E-state index in [1.54, 1.807) is 6.33 Å².